The second-order valence-corrected chi connectivity index (χ2v) is 10.0. The highest BCUT2D eigenvalue weighted by Crippen LogP contribution is 2.56. The Morgan fingerprint density at radius 1 is 1.29 bits per heavy atom. The SMILES string of the molecule is CCC1(CC)CC(=O)N(C[C@@H]2[C@@H](C(=O)N[C@H]3c4ccccc4OC(C)(C)[C@H]3O)C2(F)F)C(N)=N1. The summed E-state index contributed by atoms with van der Waals surface area (Å²) < 4.78 is 35.3. The molecule has 2 aliphatic heterocycles. The lowest BCUT2D eigenvalue weighted by Gasteiger charge is -2.42. The van der Waals surface area contributed by atoms with Crippen LogP contribution in [0.15, 0.2) is 29.3 Å². The Morgan fingerprint density at radius 3 is 2.56 bits per heavy atom. The number of ether oxygens (including phenoxy) is 1. The Kier molecular flexibility index (Phi) is 5.86. The molecule has 2 heterocycles. The van der Waals surface area contributed by atoms with Crippen molar-refractivity contribution < 1.29 is 28.2 Å². The molecule has 8 nitrogen and oxygen atoms in total. The van der Waals surface area contributed by atoms with Gasteiger partial charge in [0.2, 0.25) is 11.8 Å². The third-order valence-corrected chi connectivity index (χ3v) is 7.54. The van der Waals surface area contributed by atoms with Gasteiger partial charge in [0, 0.05) is 12.1 Å². The molecule has 0 saturated heterocycles. The van der Waals surface area contributed by atoms with E-state index in [0.717, 1.165) is 4.90 Å². The van der Waals surface area contributed by atoms with Crippen LogP contribution in [0, 0.1) is 11.8 Å². The fourth-order valence-corrected chi connectivity index (χ4v) is 5.02. The number of hydrogen-bond donors (Lipinski definition) is 3. The summed E-state index contributed by atoms with van der Waals surface area (Å²) in [7, 11) is 0. The molecule has 1 aromatic carbocycles. The molecule has 0 bridgehead atoms. The minimum atomic E-state index is -3.31. The molecule has 0 aromatic heterocycles. The Labute approximate surface area is 197 Å². The van der Waals surface area contributed by atoms with Crippen molar-refractivity contribution in [3.63, 3.8) is 0 Å². The molecule has 4 N–H and O–H groups in total. The quantitative estimate of drug-likeness (QED) is 0.580. The summed E-state index contributed by atoms with van der Waals surface area (Å²) >= 11 is 0. The van der Waals surface area contributed by atoms with Crippen LogP contribution >= 0.6 is 0 Å². The van der Waals surface area contributed by atoms with E-state index in [1.807, 2.05) is 13.8 Å². The average molecular weight is 479 g/mol. The van der Waals surface area contributed by atoms with E-state index >= 15 is 0 Å². The number of guanidine groups is 1. The number of carbonyl (C=O) groups is 2. The Bertz CT molecular complexity index is 1020. The maximum absolute atomic E-state index is 14.7. The Hall–Kier alpha value is -2.75. The number of nitrogens with one attached hydrogen (secondary N) is 1. The van der Waals surface area contributed by atoms with E-state index in [2.05, 4.69) is 10.3 Å². The van der Waals surface area contributed by atoms with Crippen LogP contribution in [-0.2, 0) is 9.59 Å². The summed E-state index contributed by atoms with van der Waals surface area (Å²) in [6, 6.07) is 5.94. The van der Waals surface area contributed by atoms with Crippen LogP contribution in [0.4, 0.5) is 8.78 Å². The molecule has 1 aromatic rings. The van der Waals surface area contributed by atoms with Crippen molar-refractivity contribution >= 4 is 17.8 Å². The van der Waals surface area contributed by atoms with Gasteiger partial charge in [0.25, 0.3) is 5.92 Å². The lowest BCUT2D eigenvalue weighted by molar-refractivity contribution is -0.131. The third-order valence-electron chi connectivity index (χ3n) is 7.54. The van der Waals surface area contributed by atoms with Gasteiger partial charge >= 0.3 is 0 Å². The molecule has 1 fully saturated rings. The maximum atomic E-state index is 14.7. The standard InChI is InChI=1S/C24H32F2N4O4/c1-5-23(6-2)11-16(31)30(21(27)29-23)12-14-17(24(14,25)26)20(33)28-18-13-9-7-8-10-15(13)34-22(3,4)19(18)32/h7-10,14,17-19,32H,5-6,11-12H2,1-4H3,(H2,27,29)(H,28,33)/t14-,17+,18+,19+/m1/s1. The highest BCUT2D eigenvalue weighted by Gasteiger charge is 2.72. The number of benzene rings is 1. The van der Waals surface area contributed by atoms with Crippen molar-refractivity contribution in [2.24, 2.45) is 22.6 Å². The van der Waals surface area contributed by atoms with Crippen LogP contribution in [0.3, 0.4) is 0 Å². The van der Waals surface area contributed by atoms with E-state index in [1.54, 1.807) is 38.1 Å². The number of aliphatic hydroxyl groups is 1. The molecular weight excluding hydrogens is 446 g/mol. The first-order valence-electron chi connectivity index (χ1n) is 11.7. The number of hydrogen-bond acceptors (Lipinski definition) is 6. The van der Waals surface area contributed by atoms with Gasteiger partial charge in [0.05, 0.1) is 23.9 Å². The number of halogens is 2. The van der Waals surface area contributed by atoms with Crippen molar-refractivity contribution in [1.29, 1.82) is 0 Å². The number of aliphatic hydroxyl groups excluding tert-OH is 1. The average Bonchev–Trinajstić information content (AvgIpc) is 3.33. The number of nitrogens with two attached hydrogens (primary N) is 1. The summed E-state index contributed by atoms with van der Waals surface area (Å²) in [6.45, 7) is 6.75. The topological polar surface area (TPSA) is 117 Å². The van der Waals surface area contributed by atoms with Gasteiger partial charge in [-0.15, -0.1) is 0 Å². The molecule has 1 saturated carbocycles. The highest BCUT2D eigenvalue weighted by molar-refractivity contribution is 5.99. The second-order valence-electron chi connectivity index (χ2n) is 10.0. The lowest BCUT2D eigenvalue weighted by Crippen LogP contribution is -2.54. The van der Waals surface area contributed by atoms with Crippen LogP contribution in [0.5, 0.6) is 5.75 Å². The van der Waals surface area contributed by atoms with Gasteiger partial charge in [-0.3, -0.25) is 14.5 Å². The van der Waals surface area contributed by atoms with Crippen molar-refractivity contribution in [2.45, 2.75) is 76.2 Å². The second kappa shape index (κ2) is 8.18. The summed E-state index contributed by atoms with van der Waals surface area (Å²) in [6.07, 6.45) is 0.162. The van der Waals surface area contributed by atoms with Crippen molar-refractivity contribution in [3.8, 4) is 5.75 Å². The molecule has 34 heavy (non-hydrogen) atoms. The minimum Gasteiger partial charge on any atom is -0.485 e. The molecule has 186 valence electrons. The fourth-order valence-electron chi connectivity index (χ4n) is 5.02. The molecule has 1 aliphatic carbocycles. The van der Waals surface area contributed by atoms with E-state index in [0.29, 0.717) is 24.2 Å². The van der Waals surface area contributed by atoms with Gasteiger partial charge in [-0.25, -0.2) is 13.8 Å². The first-order valence-corrected chi connectivity index (χ1v) is 11.7. The zero-order chi connectivity index (χ0) is 25.1. The number of para-hydroxylation sites is 1. The summed E-state index contributed by atoms with van der Waals surface area (Å²) in [5.74, 6) is -7.20. The molecular formula is C24H32F2N4O4. The van der Waals surface area contributed by atoms with E-state index in [9.17, 15) is 23.5 Å². The van der Waals surface area contributed by atoms with E-state index in [4.69, 9.17) is 10.5 Å². The third kappa shape index (κ3) is 3.91. The molecule has 10 heteroatoms. The molecule has 4 atom stereocenters. The number of nitrogens with zero attached hydrogens (tertiary/aromatic N) is 2. The Morgan fingerprint density at radius 2 is 1.94 bits per heavy atom. The monoisotopic (exact) mass is 478 g/mol. The van der Waals surface area contributed by atoms with Crippen LogP contribution < -0.4 is 15.8 Å². The smallest absolute Gasteiger partial charge is 0.265 e. The molecule has 0 radical (unpaired) electrons. The fraction of sp³-hybridized carbons (Fsp3) is 0.625. The van der Waals surface area contributed by atoms with Gasteiger partial charge in [0.1, 0.15) is 23.4 Å². The molecule has 3 aliphatic rings. The zero-order valence-electron chi connectivity index (χ0n) is 19.8. The lowest BCUT2D eigenvalue weighted by atomic mass is 9.86. The van der Waals surface area contributed by atoms with Crippen molar-refractivity contribution in [2.75, 3.05) is 6.54 Å². The minimum absolute atomic E-state index is 0.0858. The van der Waals surface area contributed by atoms with Gasteiger partial charge in [0.15, 0.2) is 5.96 Å². The van der Waals surface area contributed by atoms with Crippen LogP contribution in [-0.4, -0.2) is 57.5 Å². The van der Waals surface area contributed by atoms with Gasteiger partial charge < -0.3 is 20.9 Å². The van der Waals surface area contributed by atoms with Crippen molar-refractivity contribution in [3.05, 3.63) is 29.8 Å². The summed E-state index contributed by atoms with van der Waals surface area (Å²) in [5.41, 5.74) is 4.87. The van der Waals surface area contributed by atoms with E-state index < -0.39 is 47.0 Å². The van der Waals surface area contributed by atoms with Crippen LogP contribution in [0.1, 0.15) is 58.6 Å². The van der Waals surface area contributed by atoms with Crippen molar-refractivity contribution in [1.82, 2.24) is 10.2 Å². The predicted octanol–water partition coefficient (Wildman–Crippen LogP) is 2.36. The number of carbonyl (C=O) groups excluding carboxylic acids is 2. The normalized spacial score (nSPS) is 30.6. The number of alkyl halides is 2. The van der Waals surface area contributed by atoms with Gasteiger partial charge in [-0.2, -0.15) is 0 Å². The van der Waals surface area contributed by atoms with E-state index in [1.165, 1.54) is 0 Å². The maximum Gasteiger partial charge on any atom is 0.265 e. The number of rotatable bonds is 6. The van der Waals surface area contributed by atoms with Gasteiger partial charge in [-0.1, -0.05) is 32.0 Å². The molecule has 2 amide bonds. The van der Waals surface area contributed by atoms with Crippen LogP contribution in [0.2, 0.25) is 0 Å². The molecule has 0 unspecified atom stereocenters. The summed E-state index contributed by atoms with van der Waals surface area (Å²) in [5, 5.41) is 13.4. The highest BCUT2D eigenvalue weighted by atomic mass is 19.3. The van der Waals surface area contributed by atoms with Crippen LogP contribution in [0.25, 0.3) is 0 Å². The van der Waals surface area contributed by atoms with Gasteiger partial charge in [-0.05, 0) is 32.8 Å². The number of amides is 2. The van der Waals surface area contributed by atoms with E-state index in [-0.39, 0.29) is 24.8 Å². The first kappa shape index (κ1) is 24.4. The summed E-state index contributed by atoms with van der Waals surface area (Å²) in [4.78, 5) is 31.2. The number of aliphatic imine (C=N–C) groups is 1. The predicted molar refractivity (Wildman–Crippen MR) is 121 cm³/mol. The zero-order valence-corrected chi connectivity index (χ0v) is 19.8. The Balaban J connectivity index is 1.51. The first-order chi connectivity index (χ1) is 15.9. The molecule has 0 spiro atoms. The largest absolute Gasteiger partial charge is 0.485 e. The number of fused-ring (bicyclic) bond motifs is 1. The molecule has 4 rings (SSSR count).